The van der Waals surface area contributed by atoms with Crippen LogP contribution in [-0.2, 0) is 5.41 Å². The van der Waals surface area contributed by atoms with E-state index in [0.29, 0.717) is 12.0 Å². The highest BCUT2D eigenvalue weighted by atomic mass is 19.1. The van der Waals surface area contributed by atoms with Crippen LogP contribution < -0.4 is 5.73 Å². The highest BCUT2D eigenvalue weighted by Gasteiger charge is 2.52. The van der Waals surface area contributed by atoms with Crippen LogP contribution in [0.1, 0.15) is 45.1 Å². The third-order valence-corrected chi connectivity index (χ3v) is 4.75. The number of hydrogen-bond donors (Lipinski definition) is 1. The lowest BCUT2D eigenvalue weighted by Gasteiger charge is -2.56. The monoisotopic (exact) mass is 235 g/mol. The molecule has 2 heteroatoms. The first-order valence-electron chi connectivity index (χ1n) is 6.56. The summed E-state index contributed by atoms with van der Waals surface area (Å²) in [5, 5.41) is 0. The van der Waals surface area contributed by atoms with Gasteiger partial charge in [-0.2, -0.15) is 0 Å². The van der Waals surface area contributed by atoms with E-state index in [-0.39, 0.29) is 11.2 Å². The molecule has 0 aromatic heterocycles. The van der Waals surface area contributed by atoms with Gasteiger partial charge >= 0.3 is 0 Å². The predicted octanol–water partition coefficient (Wildman–Crippen LogP) is 3.62. The predicted molar refractivity (Wildman–Crippen MR) is 69.4 cm³/mol. The Bertz CT molecular complexity index is 388. The summed E-state index contributed by atoms with van der Waals surface area (Å²) in [5.41, 5.74) is 7.50. The van der Waals surface area contributed by atoms with Gasteiger partial charge in [-0.3, -0.25) is 0 Å². The molecule has 1 aliphatic rings. The molecule has 1 aliphatic carbocycles. The average Bonchev–Trinajstić information content (AvgIpc) is 2.30. The maximum Gasteiger partial charge on any atom is 0.123 e. The topological polar surface area (TPSA) is 26.0 Å². The Morgan fingerprint density at radius 1 is 1.24 bits per heavy atom. The standard InChI is InChI=1S/C15H22FN/c1-3-14(4-2)9-15(10-14,11-17)12-6-5-7-13(16)8-12/h5-8H,3-4,9-11,17H2,1-2H3. The summed E-state index contributed by atoms with van der Waals surface area (Å²) in [7, 11) is 0. The van der Waals surface area contributed by atoms with Crippen molar-refractivity contribution in [3.8, 4) is 0 Å². The van der Waals surface area contributed by atoms with Gasteiger partial charge in [0.05, 0.1) is 0 Å². The number of nitrogens with two attached hydrogens (primary N) is 1. The van der Waals surface area contributed by atoms with Gasteiger partial charge in [-0.15, -0.1) is 0 Å². The Labute approximate surface area is 103 Å². The van der Waals surface area contributed by atoms with E-state index in [1.165, 1.54) is 18.9 Å². The SMILES string of the molecule is CCC1(CC)CC(CN)(c2cccc(F)c2)C1. The van der Waals surface area contributed by atoms with Crippen LogP contribution in [-0.4, -0.2) is 6.54 Å². The van der Waals surface area contributed by atoms with E-state index in [1.54, 1.807) is 12.1 Å². The smallest absolute Gasteiger partial charge is 0.123 e. The second-order valence-corrected chi connectivity index (χ2v) is 5.56. The number of benzene rings is 1. The average molecular weight is 235 g/mol. The molecule has 94 valence electrons. The van der Waals surface area contributed by atoms with E-state index in [4.69, 9.17) is 5.73 Å². The zero-order chi connectivity index (χ0) is 12.5. The molecule has 0 spiro atoms. The molecule has 0 atom stereocenters. The van der Waals surface area contributed by atoms with Crippen molar-refractivity contribution < 1.29 is 4.39 Å². The summed E-state index contributed by atoms with van der Waals surface area (Å²) in [4.78, 5) is 0. The highest BCUT2D eigenvalue weighted by molar-refractivity contribution is 5.31. The van der Waals surface area contributed by atoms with E-state index in [2.05, 4.69) is 13.8 Å². The molecule has 1 saturated carbocycles. The molecule has 0 heterocycles. The van der Waals surface area contributed by atoms with Crippen LogP contribution in [0.5, 0.6) is 0 Å². The minimum Gasteiger partial charge on any atom is -0.330 e. The molecule has 0 radical (unpaired) electrons. The number of hydrogen-bond acceptors (Lipinski definition) is 1. The van der Waals surface area contributed by atoms with Gasteiger partial charge < -0.3 is 5.73 Å². The van der Waals surface area contributed by atoms with Gasteiger partial charge in [0.2, 0.25) is 0 Å². The van der Waals surface area contributed by atoms with Gasteiger partial charge in [0.1, 0.15) is 5.82 Å². The Hall–Kier alpha value is -0.890. The first kappa shape index (κ1) is 12.6. The van der Waals surface area contributed by atoms with Crippen molar-refractivity contribution in [2.45, 2.75) is 44.9 Å². The summed E-state index contributed by atoms with van der Waals surface area (Å²) in [6.45, 7) is 5.11. The van der Waals surface area contributed by atoms with Crippen LogP contribution in [0.15, 0.2) is 24.3 Å². The van der Waals surface area contributed by atoms with Gasteiger partial charge in [-0.1, -0.05) is 38.8 Å². The van der Waals surface area contributed by atoms with Gasteiger partial charge in [0, 0.05) is 12.0 Å². The van der Waals surface area contributed by atoms with E-state index in [1.807, 2.05) is 6.07 Å². The maximum absolute atomic E-state index is 13.3. The van der Waals surface area contributed by atoms with E-state index < -0.39 is 0 Å². The molecule has 17 heavy (non-hydrogen) atoms. The Morgan fingerprint density at radius 3 is 2.35 bits per heavy atom. The molecule has 0 aliphatic heterocycles. The fourth-order valence-electron chi connectivity index (χ4n) is 3.42. The largest absolute Gasteiger partial charge is 0.330 e. The molecule has 1 aromatic carbocycles. The second-order valence-electron chi connectivity index (χ2n) is 5.56. The van der Waals surface area contributed by atoms with Crippen molar-refractivity contribution in [2.75, 3.05) is 6.54 Å². The van der Waals surface area contributed by atoms with Crippen molar-refractivity contribution >= 4 is 0 Å². The summed E-state index contributed by atoms with van der Waals surface area (Å²) >= 11 is 0. The van der Waals surface area contributed by atoms with Crippen molar-refractivity contribution in [2.24, 2.45) is 11.1 Å². The van der Waals surface area contributed by atoms with Gasteiger partial charge in [0.15, 0.2) is 0 Å². The molecule has 1 aromatic rings. The molecule has 1 nitrogen and oxygen atoms in total. The number of rotatable bonds is 4. The first-order chi connectivity index (χ1) is 8.10. The summed E-state index contributed by atoms with van der Waals surface area (Å²) in [6, 6.07) is 6.96. The minimum absolute atomic E-state index is 0.0219. The third-order valence-electron chi connectivity index (χ3n) is 4.75. The van der Waals surface area contributed by atoms with Crippen LogP contribution in [0.3, 0.4) is 0 Å². The van der Waals surface area contributed by atoms with Gasteiger partial charge in [-0.25, -0.2) is 4.39 Å². The molecule has 0 unspecified atom stereocenters. The minimum atomic E-state index is -0.152. The second kappa shape index (κ2) is 4.41. The Morgan fingerprint density at radius 2 is 1.88 bits per heavy atom. The lowest BCUT2D eigenvalue weighted by atomic mass is 9.48. The summed E-state index contributed by atoms with van der Waals surface area (Å²) in [6.07, 6.45) is 4.60. The molecule has 0 amide bonds. The Balaban J connectivity index is 2.25. The van der Waals surface area contributed by atoms with Crippen LogP contribution in [0, 0.1) is 11.2 Å². The van der Waals surface area contributed by atoms with Crippen molar-refractivity contribution in [3.05, 3.63) is 35.6 Å². The first-order valence-corrected chi connectivity index (χ1v) is 6.56. The fourth-order valence-corrected chi connectivity index (χ4v) is 3.42. The van der Waals surface area contributed by atoms with Crippen molar-refractivity contribution in [1.29, 1.82) is 0 Å². The quantitative estimate of drug-likeness (QED) is 0.847. The van der Waals surface area contributed by atoms with Crippen LogP contribution in [0.4, 0.5) is 4.39 Å². The molecule has 2 rings (SSSR count). The van der Waals surface area contributed by atoms with E-state index in [0.717, 1.165) is 18.4 Å². The van der Waals surface area contributed by atoms with Crippen LogP contribution in [0.25, 0.3) is 0 Å². The third kappa shape index (κ3) is 1.99. The van der Waals surface area contributed by atoms with E-state index >= 15 is 0 Å². The zero-order valence-corrected chi connectivity index (χ0v) is 10.8. The van der Waals surface area contributed by atoms with Gasteiger partial charge in [0.25, 0.3) is 0 Å². The van der Waals surface area contributed by atoms with Gasteiger partial charge in [-0.05, 0) is 36.0 Å². The Kier molecular flexibility index (Phi) is 3.26. The van der Waals surface area contributed by atoms with E-state index in [9.17, 15) is 4.39 Å². The summed E-state index contributed by atoms with van der Waals surface area (Å²) in [5.74, 6) is -0.152. The van der Waals surface area contributed by atoms with Crippen LogP contribution in [0.2, 0.25) is 0 Å². The molecule has 0 bridgehead atoms. The zero-order valence-electron chi connectivity index (χ0n) is 10.8. The fraction of sp³-hybridized carbons (Fsp3) is 0.600. The normalized spacial score (nSPS) is 20.9. The van der Waals surface area contributed by atoms with Crippen LogP contribution >= 0.6 is 0 Å². The highest BCUT2D eigenvalue weighted by Crippen LogP contribution is 2.58. The maximum atomic E-state index is 13.3. The molecule has 2 N–H and O–H groups in total. The molecule has 0 saturated heterocycles. The number of halogens is 1. The molecular formula is C15H22FN. The lowest BCUT2D eigenvalue weighted by Crippen LogP contribution is -2.53. The molecular weight excluding hydrogens is 213 g/mol. The lowest BCUT2D eigenvalue weighted by molar-refractivity contribution is 0.0181. The van der Waals surface area contributed by atoms with Crippen molar-refractivity contribution in [3.63, 3.8) is 0 Å². The molecule has 1 fully saturated rings. The van der Waals surface area contributed by atoms with Crippen molar-refractivity contribution in [1.82, 2.24) is 0 Å². The summed E-state index contributed by atoms with van der Waals surface area (Å²) < 4.78 is 13.3.